The normalized spacial score (nSPS) is 21.9. The second-order valence-corrected chi connectivity index (χ2v) is 6.02. The van der Waals surface area contributed by atoms with Crippen LogP contribution in [0.25, 0.3) is 0 Å². The average Bonchev–Trinajstić information content (AvgIpc) is 2.49. The fraction of sp³-hybridized carbons (Fsp3) is 0.588. The van der Waals surface area contributed by atoms with E-state index < -0.39 is 0 Å². The summed E-state index contributed by atoms with van der Waals surface area (Å²) in [7, 11) is 3.97. The van der Waals surface area contributed by atoms with Crippen LogP contribution in [-0.2, 0) is 0 Å². The minimum Gasteiger partial charge on any atom is -0.378 e. The maximum atomic E-state index is 12.3. The number of nitrogens with zero attached hydrogens (tertiary/aromatic N) is 1. The molecular formula is C17H27N3O. The number of benzene rings is 1. The van der Waals surface area contributed by atoms with Crippen LogP contribution in [0.15, 0.2) is 24.3 Å². The summed E-state index contributed by atoms with van der Waals surface area (Å²) in [5, 5.41) is 6.67. The molecule has 4 heteroatoms. The van der Waals surface area contributed by atoms with E-state index in [2.05, 4.69) is 17.6 Å². The second kappa shape index (κ2) is 7.46. The van der Waals surface area contributed by atoms with Gasteiger partial charge in [0, 0.05) is 37.4 Å². The number of rotatable bonds is 5. The summed E-state index contributed by atoms with van der Waals surface area (Å²) in [4.78, 5) is 14.4. The Labute approximate surface area is 127 Å². The number of hydrogen-bond acceptors (Lipinski definition) is 3. The van der Waals surface area contributed by atoms with Gasteiger partial charge in [0.25, 0.3) is 5.91 Å². The molecule has 1 aliphatic carbocycles. The summed E-state index contributed by atoms with van der Waals surface area (Å²) in [6.07, 6.45) is 4.43. The van der Waals surface area contributed by atoms with Crippen LogP contribution >= 0.6 is 0 Å². The van der Waals surface area contributed by atoms with E-state index in [1.807, 2.05) is 43.3 Å². The van der Waals surface area contributed by atoms with Gasteiger partial charge in [-0.05, 0) is 50.4 Å². The van der Waals surface area contributed by atoms with Crippen LogP contribution in [0.4, 0.5) is 5.69 Å². The first-order valence-electron chi connectivity index (χ1n) is 7.91. The topological polar surface area (TPSA) is 44.4 Å². The van der Waals surface area contributed by atoms with Crippen molar-refractivity contribution in [2.75, 3.05) is 25.5 Å². The molecule has 0 spiro atoms. The summed E-state index contributed by atoms with van der Waals surface area (Å²) in [6, 6.07) is 8.72. The SMILES string of the molecule is CCNC1CCC(NC(=O)c2cccc(N(C)C)c2)CC1. The minimum atomic E-state index is 0.0469. The van der Waals surface area contributed by atoms with Gasteiger partial charge in [0.1, 0.15) is 0 Å². The lowest BCUT2D eigenvalue weighted by Crippen LogP contribution is -2.42. The second-order valence-electron chi connectivity index (χ2n) is 6.02. The number of carbonyl (C=O) groups is 1. The monoisotopic (exact) mass is 289 g/mol. The zero-order chi connectivity index (χ0) is 15.2. The van der Waals surface area contributed by atoms with Crippen molar-refractivity contribution >= 4 is 11.6 Å². The van der Waals surface area contributed by atoms with E-state index in [1.54, 1.807) is 0 Å². The summed E-state index contributed by atoms with van der Waals surface area (Å²) < 4.78 is 0. The van der Waals surface area contributed by atoms with Crippen LogP contribution in [0.1, 0.15) is 43.0 Å². The lowest BCUT2D eigenvalue weighted by Gasteiger charge is -2.29. The van der Waals surface area contributed by atoms with Gasteiger partial charge < -0.3 is 15.5 Å². The number of nitrogens with one attached hydrogen (secondary N) is 2. The van der Waals surface area contributed by atoms with Crippen LogP contribution < -0.4 is 15.5 Å². The van der Waals surface area contributed by atoms with Crippen LogP contribution in [-0.4, -0.2) is 38.6 Å². The molecule has 1 aromatic carbocycles. The van der Waals surface area contributed by atoms with Gasteiger partial charge in [-0.2, -0.15) is 0 Å². The summed E-state index contributed by atoms with van der Waals surface area (Å²) >= 11 is 0. The zero-order valence-corrected chi connectivity index (χ0v) is 13.4. The van der Waals surface area contributed by atoms with Gasteiger partial charge in [-0.3, -0.25) is 4.79 Å². The van der Waals surface area contributed by atoms with E-state index in [0.29, 0.717) is 12.1 Å². The molecule has 1 amide bonds. The fourth-order valence-electron chi connectivity index (χ4n) is 2.92. The molecule has 2 rings (SSSR count). The molecule has 0 aromatic heterocycles. The molecule has 4 nitrogen and oxygen atoms in total. The van der Waals surface area contributed by atoms with Crippen LogP contribution in [0.5, 0.6) is 0 Å². The third-order valence-corrected chi connectivity index (χ3v) is 4.18. The first-order chi connectivity index (χ1) is 10.1. The van der Waals surface area contributed by atoms with Gasteiger partial charge in [0.05, 0.1) is 0 Å². The van der Waals surface area contributed by atoms with Crippen molar-refractivity contribution in [2.24, 2.45) is 0 Å². The first kappa shape index (κ1) is 15.8. The van der Waals surface area contributed by atoms with Crippen molar-refractivity contribution in [3.63, 3.8) is 0 Å². The maximum Gasteiger partial charge on any atom is 0.251 e. The zero-order valence-electron chi connectivity index (χ0n) is 13.4. The van der Waals surface area contributed by atoms with Crippen molar-refractivity contribution in [2.45, 2.75) is 44.7 Å². The highest BCUT2D eigenvalue weighted by molar-refractivity contribution is 5.95. The molecule has 0 bridgehead atoms. The number of amides is 1. The predicted molar refractivity (Wildman–Crippen MR) is 88.0 cm³/mol. The number of carbonyl (C=O) groups excluding carboxylic acids is 1. The Kier molecular flexibility index (Phi) is 5.62. The van der Waals surface area contributed by atoms with Crippen molar-refractivity contribution in [3.05, 3.63) is 29.8 Å². The van der Waals surface area contributed by atoms with E-state index in [-0.39, 0.29) is 5.91 Å². The average molecular weight is 289 g/mol. The Hall–Kier alpha value is -1.55. The molecule has 0 atom stereocenters. The predicted octanol–water partition coefficient (Wildman–Crippen LogP) is 2.40. The molecule has 0 aliphatic heterocycles. The molecule has 1 aromatic rings. The van der Waals surface area contributed by atoms with E-state index in [1.165, 1.54) is 0 Å². The highest BCUT2D eigenvalue weighted by Crippen LogP contribution is 2.19. The maximum absolute atomic E-state index is 12.3. The lowest BCUT2D eigenvalue weighted by atomic mass is 9.91. The summed E-state index contributed by atoms with van der Waals surface area (Å²) in [5.74, 6) is 0.0469. The van der Waals surface area contributed by atoms with E-state index in [4.69, 9.17) is 0 Å². The highest BCUT2D eigenvalue weighted by atomic mass is 16.1. The molecule has 1 fully saturated rings. The Bertz CT molecular complexity index is 465. The molecule has 1 saturated carbocycles. The van der Waals surface area contributed by atoms with Crippen molar-refractivity contribution < 1.29 is 4.79 Å². The molecule has 116 valence electrons. The Morgan fingerprint density at radius 3 is 2.48 bits per heavy atom. The molecule has 0 radical (unpaired) electrons. The van der Waals surface area contributed by atoms with Crippen molar-refractivity contribution in [1.29, 1.82) is 0 Å². The molecule has 0 heterocycles. The van der Waals surface area contributed by atoms with Gasteiger partial charge in [0.15, 0.2) is 0 Å². The molecule has 0 saturated heterocycles. The fourth-order valence-corrected chi connectivity index (χ4v) is 2.92. The third-order valence-electron chi connectivity index (χ3n) is 4.18. The smallest absolute Gasteiger partial charge is 0.251 e. The van der Waals surface area contributed by atoms with Crippen LogP contribution in [0, 0.1) is 0 Å². The van der Waals surface area contributed by atoms with Gasteiger partial charge in [0.2, 0.25) is 0 Å². The van der Waals surface area contributed by atoms with Crippen molar-refractivity contribution in [3.8, 4) is 0 Å². The van der Waals surface area contributed by atoms with Gasteiger partial charge in [-0.25, -0.2) is 0 Å². The van der Waals surface area contributed by atoms with Gasteiger partial charge >= 0.3 is 0 Å². The largest absolute Gasteiger partial charge is 0.378 e. The van der Waals surface area contributed by atoms with Gasteiger partial charge in [-0.15, -0.1) is 0 Å². The molecule has 1 aliphatic rings. The quantitative estimate of drug-likeness (QED) is 0.875. The summed E-state index contributed by atoms with van der Waals surface area (Å²) in [5.41, 5.74) is 1.80. The lowest BCUT2D eigenvalue weighted by molar-refractivity contribution is 0.0924. The molecule has 21 heavy (non-hydrogen) atoms. The van der Waals surface area contributed by atoms with Gasteiger partial charge in [-0.1, -0.05) is 13.0 Å². The number of hydrogen-bond donors (Lipinski definition) is 2. The van der Waals surface area contributed by atoms with Crippen LogP contribution in [0.2, 0.25) is 0 Å². The van der Waals surface area contributed by atoms with Crippen LogP contribution in [0.3, 0.4) is 0 Å². The van der Waals surface area contributed by atoms with E-state index >= 15 is 0 Å². The number of anilines is 1. The Balaban J connectivity index is 1.89. The van der Waals surface area contributed by atoms with E-state index in [9.17, 15) is 4.79 Å². The minimum absolute atomic E-state index is 0.0469. The standard InChI is InChI=1S/C17H27N3O/c1-4-18-14-8-10-15(11-9-14)19-17(21)13-6-5-7-16(12-13)20(2)3/h5-7,12,14-15,18H,4,8-11H2,1-3H3,(H,19,21). The Morgan fingerprint density at radius 2 is 1.86 bits per heavy atom. The highest BCUT2D eigenvalue weighted by Gasteiger charge is 2.22. The third kappa shape index (κ3) is 4.46. The first-order valence-corrected chi connectivity index (χ1v) is 7.91. The molecule has 2 N–H and O–H groups in total. The van der Waals surface area contributed by atoms with Crippen molar-refractivity contribution in [1.82, 2.24) is 10.6 Å². The summed E-state index contributed by atoms with van der Waals surface area (Å²) in [6.45, 7) is 3.17. The van der Waals surface area contributed by atoms with E-state index in [0.717, 1.165) is 43.5 Å². The molecule has 0 unspecified atom stereocenters. The molecular weight excluding hydrogens is 262 g/mol. The Morgan fingerprint density at radius 1 is 1.19 bits per heavy atom.